The van der Waals surface area contributed by atoms with E-state index in [2.05, 4.69) is 17.0 Å². The van der Waals surface area contributed by atoms with Crippen LogP contribution in [0.1, 0.15) is 29.3 Å². The summed E-state index contributed by atoms with van der Waals surface area (Å²) in [7, 11) is 0. The van der Waals surface area contributed by atoms with Crippen molar-refractivity contribution >= 4 is 5.78 Å². The van der Waals surface area contributed by atoms with Crippen molar-refractivity contribution in [2.75, 3.05) is 19.6 Å². The summed E-state index contributed by atoms with van der Waals surface area (Å²) in [4.78, 5) is 16.0. The number of ketones is 1. The van der Waals surface area contributed by atoms with Crippen LogP contribution in [0.25, 0.3) is 22.6 Å². The van der Waals surface area contributed by atoms with Crippen LogP contribution < -0.4 is 4.74 Å². The van der Waals surface area contributed by atoms with E-state index < -0.39 is 0 Å². The molecule has 6 nitrogen and oxygen atoms in total. The molecule has 5 rings (SSSR count). The zero-order chi connectivity index (χ0) is 23.5. The number of phenolic OH excluding ortho intramolecular Hbond substituents is 1. The maximum absolute atomic E-state index is 13.7. The van der Waals surface area contributed by atoms with Crippen molar-refractivity contribution in [2.45, 2.75) is 19.4 Å². The Kier molecular flexibility index (Phi) is 6.14. The van der Waals surface area contributed by atoms with Crippen LogP contribution in [0.2, 0.25) is 0 Å². The summed E-state index contributed by atoms with van der Waals surface area (Å²) >= 11 is 0. The molecule has 0 aliphatic carbocycles. The minimum Gasteiger partial charge on any atom is -0.508 e. The molecule has 0 saturated carbocycles. The van der Waals surface area contributed by atoms with Crippen LogP contribution in [-0.2, 0) is 0 Å². The van der Waals surface area contributed by atoms with Gasteiger partial charge in [0.05, 0.1) is 5.56 Å². The third-order valence-electron chi connectivity index (χ3n) is 5.98. The zero-order valence-corrected chi connectivity index (χ0v) is 19.0. The third kappa shape index (κ3) is 4.45. The van der Waals surface area contributed by atoms with Gasteiger partial charge in [-0.2, -0.15) is 0 Å². The van der Waals surface area contributed by atoms with E-state index >= 15 is 0 Å². The molecule has 1 aromatic heterocycles. The predicted octanol–water partition coefficient (Wildman–Crippen LogP) is 5.42. The van der Waals surface area contributed by atoms with Crippen LogP contribution >= 0.6 is 0 Å². The molecule has 34 heavy (non-hydrogen) atoms. The van der Waals surface area contributed by atoms with E-state index in [9.17, 15) is 9.90 Å². The number of ether oxygens (including phenoxy) is 1. The number of likely N-dealkylation sites (tertiary alicyclic amines) is 1. The van der Waals surface area contributed by atoms with Gasteiger partial charge < -0.3 is 14.4 Å². The lowest BCUT2D eigenvalue weighted by Crippen LogP contribution is -2.53. The largest absolute Gasteiger partial charge is 0.508 e. The summed E-state index contributed by atoms with van der Waals surface area (Å²) in [6, 6.07) is 23.3. The van der Waals surface area contributed by atoms with E-state index in [1.54, 1.807) is 36.4 Å². The number of carbonyl (C=O) groups excluding carboxylic acids is 1. The molecule has 172 valence electrons. The number of nitrogens with zero attached hydrogens (tertiary/aromatic N) is 2. The fraction of sp³-hybridized carbons (Fsp3) is 0.214. The number of aromatic nitrogens is 1. The van der Waals surface area contributed by atoms with Gasteiger partial charge in [-0.1, -0.05) is 42.4 Å². The van der Waals surface area contributed by atoms with Crippen LogP contribution in [0.4, 0.5) is 0 Å². The number of carbonyl (C=O) groups is 1. The summed E-state index contributed by atoms with van der Waals surface area (Å²) in [6.45, 7) is 5.14. The van der Waals surface area contributed by atoms with Crippen molar-refractivity contribution in [3.05, 3.63) is 90.0 Å². The van der Waals surface area contributed by atoms with Gasteiger partial charge in [-0.3, -0.25) is 9.69 Å². The van der Waals surface area contributed by atoms with Gasteiger partial charge in [0.25, 0.3) is 0 Å². The first-order valence-corrected chi connectivity index (χ1v) is 11.5. The van der Waals surface area contributed by atoms with Crippen molar-refractivity contribution in [1.82, 2.24) is 10.1 Å². The lowest BCUT2D eigenvalue weighted by molar-refractivity contribution is 0.0202. The van der Waals surface area contributed by atoms with E-state index in [4.69, 9.17) is 9.26 Å². The lowest BCUT2D eigenvalue weighted by atomic mass is 9.95. The SMILES string of the molecule is CCCN1CC(Oc2ccc(C(=O)c3c(-c4ccccc4)noc3-c3ccc(O)cc3)cc2)C1. The molecule has 1 saturated heterocycles. The quantitative estimate of drug-likeness (QED) is 0.359. The molecule has 3 aromatic carbocycles. The summed E-state index contributed by atoms with van der Waals surface area (Å²) in [5.74, 6) is 1.08. The second kappa shape index (κ2) is 9.53. The number of aromatic hydroxyl groups is 1. The Balaban J connectivity index is 1.43. The highest BCUT2D eigenvalue weighted by atomic mass is 16.5. The highest BCUT2D eigenvalue weighted by Crippen LogP contribution is 2.35. The molecule has 0 unspecified atom stereocenters. The predicted molar refractivity (Wildman–Crippen MR) is 130 cm³/mol. The van der Waals surface area contributed by atoms with Crippen LogP contribution in [0.3, 0.4) is 0 Å². The van der Waals surface area contributed by atoms with Crippen LogP contribution in [0.15, 0.2) is 83.4 Å². The number of phenols is 1. The Labute approximate surface area is 198 Å². The molecule has 0 amide bonds. The number of hydrogen-bond donors (Lipinski definition) is 1. The molecule has 0 bridgehead atoms. The van der Waals surface area contributed by atoms with E-state index in [-0.39, 0.29) is 17.6 Å². The molecule has 0 atom stereocenters. The number of benzene rings is 3. The highest BCUT2D eigenvalue weighted by molar-refractivity contribution is 6.15. The maximum Gasteiger partial charge on any atom is 0.199 e. The summed E-state index contributed by atoms with van der Waals surface area (Å²) in [6.07, 6.45) is 1.33. The van der Waals surface area contributed by atoms with E-state index in [0.29, 0.717) is 28.1 Å². The van der Waals surface area contributed by atoms with Crippen molar-refractivity contribution in [1.29, 1.82) is 0 Å². The average Bonchev–Trinajstić information content (AvgIpc) is 3.29. The molecule has 0 spiro atoms. The van der Waals surface area contributed by atoms with Gasteiger partial charge in [0.1, 0.15) is 23.3 Å². The molecule has 6 heteroatoms. The maximum atomic E-state index is 13.7. The molecular formula is C28H26N2O4. The first-order valence-electron chi connectivity index (χ1n) is 11.5. The average molecular weight is 455 g/mol. The van der Waals surface area contributed by atoms with Crippen LogP contribution in [0.5, 0.6) is 11.5 Å². The minimum absolute atomic E-state index is 0.138. The minimum atomic E-state index is -0.188. The van der Waals surface area contributed by atoms with E-state index in [1.807, 2.05) is 42.5 Å². The first-order chi connectivity index (χ1) is 16.6. The molecule has 1 aliphatic heterocycles. The normalized spacial score (nSPS) is 14.0. The second-order valence-electron chi connectivity index (χ2n) is 8.50. The molecule has 1 N–H and O–H groups in total. The topological polar surface area (TPSA) is 75.8 Å². The Morgan fingerprint density at radius 3 is 2.38 bits per heavy atom. The number of rotatable bonds is 8. The van der Waals surface area contributed by atoms with Crippen molar-refractivity contribution in [3.63, 3.8) is 0 Å². The first kappa shape index (κ1) is 21.9. The number of hydrogen-bond acceptors (Lipinski definition) is 6. The molecular weight excluding hydrogens is 428 g/mol. The van der Waals surface area contributed by atoms with Crippen LogP contribution in [-0.4, -0.2) is 46.7 Å². The monoisotopic (exact) mass is 454 g/mol. The van der Waals surface area contributed by atoms with Gasteiger partial charge in [0, 0.05) is 29.8 Å². The summed E-state index contributed by atoms with van der Waals surface area (Å²) in [5, 5.41) is 13.9. The van der Waals surface area contributed by atoms with Gasteiger partial charge in [-0.05, 0) is 61.5 Å². The van der Waals surface area contributed by atoms with Gasteiger partial charge in [0.15, 0.2) is 11.5 Å². The van der Waals surface area contributed by atoms with Gasteiger partial charge in [-0.15, -0.1) is 0 Å². The Hall–Kier alpha value is -3.90. The second-order valence-corrected chi connectivity index (χ2v) is 8.50. The Morgan fingerprint density at radius 1 is 1.00 bits per heavy atom. The van der Waals surface area contributed by atoms with Crippen molar-refractivity contribution in [3.8, 4) is 34.1 Å². The van der Waals surface area contributed by atoms with Crippen LogP contribution in [0, 0.1) is 0 Å². The molecule has 1 fully saturated rings. The van der Waals surface area contributed by atoms with Gasteiger partial charge in [0.2, 0.25) is 0 Å². The lowest BCUT2D eigenvalue weighted by Gasteiger charge is -2.38. The molecule has 2 heterocycles. The Morgan fingerprint density at radius 2 is 1.71 bits per heavy atom. The van der Waals surface area contributed by atoms with E-state index in [1.165, 1.54) is 0 Å². The van der Waals surface area contributed by atoms with Gasteiger partial charge in [-0.25, -0.2) is 0 Å². The molecule has 1 aliphatic rings. The molecule has 0 radical (unpaired) electrons. The summed E-state index contributed by atoms with van der Waals surface area (Å²) < 4.78 is 11.7. The fourth-order valence-electron chi connectivity index (χ4n) is 4.22. The fourth-order valence-corrected chi connectivity index (χ4v) is 4.22. The highest BCUT2D eigenvalue weighted by Gasteiger charge is 2.28. The van der Waals surface area contributed by atoms with Gasteiger partial charge >= 0.3 is 0 Å². The zero-order valence-electron chi connectivity index (χ0n) is 19.0. The third-order valence-corrected chi connectivity index (χ3v) is 5.98. The van der Waals surface area contributed by atoms with Crippen molar-refractivity contribution in [2.24, 2.45) is 0 Å². The smallest absolute Gasteiger partial charge is 0.199 e. The van der Waals surface area contributed by atoms with Crippen molar-refractivity contribution < 1.29 is 19.2 Å². The standard InChI is InChI=1S/C28H26N2O4/c1-2-16-30-17-24(18-30)33-23-14-10-20(11-15-23)27(32)25-26(19-6-4-3-5-7-19)29-34-28(25)21-8-12-22(31)13-9-21/h3-15,24,31H,2,16-18H2,1H3. The van der Waals surface area contributed by atoms with E-state index in [0.717, 1.165) is 37.4 Å². The Bertz CT molecular complexity index is 1260. The molecule has 4 aromatic rings. The summed E-state index contributed by atoms with van der Waals surface area (Å²) in [5.41, 5.74) is 2.85.